The highest BCUT2D eigenvalue weighted by Gasteiger charge is 2.34. The summed E-state index contributed by atoms with van der Waals surface area (Å²) in [7, 11) is 0. The number of hydrogen-bond donors (Lipinski definition) is 11. The Balaban J connectivity index is 3.48. The second-order valence-electron chi connectivity index (χ2n) is 14.8. The van der Waals surface area contributed by atoms with Gasteiger partial charge in [-0.25, -0.2) is 4.79 Å². The summed E-state index contributed by atoms with van der Waals surface area (Å²) in [5, 5.41) is 25.1. The molecule has 0 radical (unpaired) electrons. The molecule has 20 nitrogen and oxygen atoms in total. The fraction of sp³-hybridized carbons (Fsp3) is 0.605. The van der Waals surface area contributed by atoms with Gasteiger partial charge in [-0.3, -0.25) is 38.6 Å². The molecule has 0 aromatic heterocycles. The normalized spacial score (nSPS) is 14.1. The summed E-state index contributed by atoms with van der Waals surface area (Å²) in [5.41, 5.74) is 22.3. The summed E-state index contributed by atoms with van der Waals surface area (Å²) < 4.78 is 0. The molecule has 0 bridgehead atoms. The first-order valence-corrected chi connectivity index (χ1v) is 19.3. The first-order chi connectivity index (χ1) is 27.2. The van der Waals surface area contributed by atoms with E-state index in [0.29, 0.717) is 18.4 Å². The fourth-order valence-corrected chi connectivity index (χ4v) is 5.80. The molecule has 0 aliphatic carbocycles. The van der Waals surface area contributed by atoms with E-state index in [4.69, 9.17) is 22.9 Å². The van der Waals surface area contributed by atoms with Gasteiger partial charge in [0.2, 0.25) is 41.4 Å². The minimum Gasteiger partial charge on any atom is -0.480 e. The van der Waals surface area contributed by atoms with Gasteiger partial charge in [-0.05, 0) is 62.5 Å². The molecule has 0 saturated carbocycles. The summed E-state index contributed by atoms with van der Waals surface area (Å²) in [4.78, 5) is 108. The van der Waals surface area contributed by atoms with Crippen molar-refractivity contribution in [2.24, 2.45) is 39.8 Å². The summed E-state index contributed by atoms with van der Waals surface area (Å²) in [6.45, 7) is 8.79. The number of hydrogen-bond acceptors (Lipinski definition) is 10. The van der Waals surface area contributed by atoms with Crippen LogP contribution in [0.5, 0.6) is 0 Å². The molecule has 1 rings (SSSR count). The number of guanidine groups is 1. The minimum absolute atomic E-state index is 0.0411. The number of rotatable bonds is 27. The SMILES string of the molecule is CC(=O)N[C@H](C(=O)N[C@@H](CCCN=C(N)N)C(=O)N[C@@H](CC(C)C)C(=O)N[C@@H](Cc1ccccc1)C(=O)N[C@@H](CCCCN)C(=O)N[C@@H](CC(N)=O)C(=O)O)C(C)C. The van der Waals surface area contributed by atoms with Gasteiger partial charge in [-0.15, -0.1) is 0 Å². The number of amides is 7. The molecule has 0 heterocycles. The summed E-state index contributed by atoms with van der Waals surface area (Å²) in [5.74, 6) is -7.29. The Bertz CT molecular complexity index is 1570. The van der Waals surface area contributed by atoms with Crippen LogP contribution in [-0.2, 0) is 44.8 Å². The first-order valence-electron chi connectivity index (χ1n) is 19.3. The number of aliphatic imine (C=N–C) groups is 1. The topological polar surface area (TPSA) is 345 Å². The number of benzene rings is 1. The van der Waals surface area contributed by atoms with E-state index in [1.807, 2.05) is 13.8 Å². The second kappa shape index (κ2) is 26.2. The van der Waals surface area contributed by atoms with Gasteiger partial charge in [0.05, 0.1) is 6.42 Å². The van der Waals surface area contributed by atoms with Crippen molar-refractivity contribution in [2.75, 3.05) is 13.1 Å². The molecule has 58 heavy (non-hydrogen) atoms. The van der Waals surface area contributed by atoms with Crippen LogP contribution in [0.4, 0.5) is 0 Å². The highest BCUT2D eigenvalue weighted by molar-refractivity contribution is 5.97. The Labute approximate surface area is 339 Å². The van der Waals surface area contributed by atoms with Gasteiger partial charge in [0.15, 0.2) is 5.96 Å². The van der Waals surface area contributed by atoms with Gasteiger partial charge in [0.25, 0.3) is 0 Å². The third-order valence-corrected chi connectivity index (χ3v) is 8.74. The molecule has 0 aliphatic rings. The van der Waals surface area contributed by atoms with Gasteiger partial charge in [0, 0.05) is 19.9 Å². The van der Waals surface area contributed by atoms with Crippen LogP contribution in [0.15, 0.2) is 35.3 Å². The lowest BCUT2D eigenvalue weighted by molar-refractivity contribution is -0.143. The Hall–Kier alpha value is -5.79. The highest BCUT2D eigenvalue weighted by atomic mass is 16.4. The number of nitrogens with two attached hydrogens (primary N) is 4. The molecule has 20 heteroatoms. The zero-order valence-corrected chi connectivity index (χ0v) is 34.0. The maximum absolute atomic E-state index is 14.1. The Kier molecular flexibility index (Phi) is 22.7. The molecule has 0 unspecified atom stereocenters. The number of carboxylic acids is 1. The molecule has 0 spiro atoms. The van der Waals surface area contributed by atoms with Gasteiger partial charge in [-0.2, -0.15) is 0 Å². The molecule has 7 amide bonds. The van der Waals surface area contributed by atoms with Gasteiger partial charge in [-0.1, -0.05) is 58.0 Å². The van der Waals surface area contributed by atoms with Crippen LogP contribution in [0, 0.1) is 11.8 Å². The number of carbonyl (C=O) groups excluding carboxylic acids is 7. The Morgan fingerprint density at radius 1 is 0.655 bits per heavy atom. The molecule has 6 atom stereocenters. The summed E-state index contributed by atoms with van der Waals surface area (Å²) >= 11 is 0. The average molecular weight is 818 g/mol. The average Bonchev–Trinajstić information content (AvgIpc) is 3.13. The van der Waals surface area contributed by atoms with Crippen molar-refractivity contribution in [3.05, 3.63) is 35.9 Å². The molecular formula is C38H63N11O9. The lowest BCUT2D eigenvalue weighted by atomic mass is 9.99. The van der Waals surface area contributed by atoms with Crippen molar-refractivity contribution in [2.45, 2.75) is 122 Å². The summed E-state index contributed by atoms with van der Waals surface area (Å²) in [6.07, 6.45) is 0.606. The largest absolute Gasteiger partial charge is 0.480 e. The van der Waals surface area contributed by atoms with E-state index in [-0.39, 0.29) is 63.0 Å². The second-order valence-corrected chi connectivity index (χ2v) is 14.8. The Morgan fingerprint density at radius 3 is 1.66 bits per heavy atom. The van der Waals surface area contributed by atoms with Crippen LogP contribution in [0.1, 0.15) is 85.1 Å². The molecule has 1 aromatic rings. The van der Waals surface area contributed by atoms with Gasteiger partial charge >= 0.3 is 5.97 Å². The third kappa shape index (κ3) is 19.9. The zero-order valence-electron chi connectivity index (χ0n) is 34.0. The molecule has 324 valence electrons. The molecule has 0 aliphatic heterocycles. The maximum Gasteiger partial charge on any atom is 0.326 e. The van der Waals surface area contributed by atoms with Crippen LogP contribution in [-0.4, -0.2) is 108 Å². The molecule has 15 N–H and O–H groups in total. The monoisotopic (exact) mass is 817 g/mol. The van der Waals surface area contributed by atoms with Crippen LogP contribution in [0.25, 0.3) is 0 Å². The lowest BCUT2D eigenvalue weighted by Crippen LogP contribution is -2.60. The molecular weight excluding hydrogens is 754 g/mol. The number of nitrogens with zero attached hydrogens (tertiary/aromatic N) is 1. The molecule has 0 fully saturated rings. The predicted molar refractivity (Wildman–Crippen MR) is 216 cm³/mol. The van der Waals surface area contributed by atoms with Crippen LogP contribution >= 0.6 is 0 Å². The number of carboxylic acid groups (broad SMARTS) is 1. The van der Waals surface area contributed by atoms with E-state index >= 15 is 0 Å². The van der Waals surface area contributed by atoms with E-state index in [9.17, 15) is 43.5 Å². The standard InChI is InChI=1S/C38H63N11O9/c1-21(2)18-27(47-32(52)26(15-11-17-43-38(41)42)46-36(56)31(22(3)4)44-23(5)50)34(54)48-28(19-24-12-7-6-8-13-24)35(55)45-25(14-9-10-16-39)33(53)49-29(37(57)58)20-30(40)51/h6-8,12-13,21-22,25-29,31H,9-11,14-20,39H2,1-5H3,(H2,40,51)(H,44,50)(H,45,55)(H,46,56)(H,47,52)(H,48,54)(H,49,53)(H,57,58)(H4,41,42,43)/t25-,26-,27-,28-,29-,31-/m0/s1. The number of nitrogens with one attached hydrogen (secondary N) is 6. The van der Waals surface area contributed by atoms with Crippen molar-refractivity contribution in [1.29, 1.82) is 0 Å². The third-order valence-electron chi connectivity index (χ3n) is 8.74. The minimum atomic E-state index is -1.65. The smallest absolute Gasteiger partial charge is 0.326 e. The van der Waals surface area contributed by atoms with Gasteiger partial charge < -0.3 is 59.9 Å². The number of primary amides is 1. The number of carbonyl (C=O) groups is 8. The van der Waals surface area contributed by atoms with Crippen molar-refractivity contribution in [3.63, 3.8) is 0 Å². The van der Waals surface area contributed by atoms with Crippen molar-refractivity contribution < 1.29 is 43.5 Å². The van der Waals surface area contributed by atoms with Crippen LogP contribution < -0.4 is 54.8 Å². The summed E-state index contributed by atoms with van der Waals surface area (Å²) in [6, 6.07) is 1.11. The van der Waals surface area contributed by atoms with Crippen molar-refractivity contribution in [3.8, 4) is 0 Å². The van der Waals surface area contributed by atoms with Crippen molar-refractivity contribution in [1.82, 2.24) is 31.9 Å². The lowest BCUT2D eigenvalue weighted by Gasteiger charge is -2.28. The predicted octanol–water partition coefficient (Wildman–Crippen LogP) is -2.00. The molecule has 1 aromatic carbocycles. The van der Waals surface area contributed by atoms with Crippen molar-refractivity contribution >= 4 is 53.3 Å². The molecule has 0 saturated heterocycles. The number of unbranched alkanes of at least 4 members (excludes halogenated alkanes) is 1. The quantitative estimate of drug-likeness (QED) is 0.0261. The Morgan fingerprint density at radius 2 is 1.16 bits per heavy atom. The van der Waals surface area contributed by atoms with E-state index in [1.54, 1.807) is 44.2 Å². The van der Waals surface area contributed by atoms with E-state index in [1.165, 1.54) is 6.92 Å². The van der Waals surface area contributed by atoms with Gasteiger partial charge in [0.1, 0.15) is 36.3 Å². The van der Waals surface area contributed by atoms with E-state index in [0.717, 1.165) is 0 Å². The maximum atomic E-state index is 14.1. The highest BCUT2D eigenvalue weighted by Crippen LogP contribution is 2.12. The van der Waals surface area contributed by atoms with Crippen LogP contribution in [0.2, 0.25) is 0 Å². The van der Waals surface area contributed by atoms with E-state index < -0.39 is 90.0 Å². The first kappa shape index (κ1) is 50.2. The zero-order chi connectivity index (χ0) is 43.9. The van der Waals surface area contributed by atoms with E-state index in [2.05, 4.69) is 36.9 Å². The number of aliphatic carboxylic acids is 1. The fourth-order valence-electron chi connectivity index (χ4n) is 5.80. The van der Waals surface area contributed by atoms with Crippen LogP contribution in [0.3, 0.4) is 0 Å².